The van der Waals surface area contributed by atoms with Crippen molar-refractivity contribution in [3.63, 3.8) is 0 Å². The SMILES string of the molecule is Cc1ccc(C(=O)NN(Cc2ccccc2)C(N)=S)cc1. The van der Waals surface area contributed by atoms with Gasteiger partial charge in [0.25, 0.3) is 5.91 Å². The predicted molar refractivity (Wildman–Crippen MR) is 87.4 cm³/mol. The minimum Gasteiger partial charge on any atom is -0.375 e. The second-order valence-corrected chi connectivity index (χ2v) is 5.14. The Morgan fingerprint density at radius 1 is 1.14 bits per heavy atom. The van der Waals surface area contributed by atoms with E-state index in [1.807, 2.05) is 49.4 Å². The van der Waals surface area contributed by atoms with Gasteiger partial charge < -0.3 is 5.73 Å². The molecule has 4 nitrogen and oxygen atoms in total. The van der Waals surface area contributed by atoms with Gasteiger partial charge in [-0.05, 0) is 36.8 Å². The topological polar surface area (TPSA) is 58.4 Å². The van der Waals surface area contributed by atoms with Gasteiger partial charge in [0.15, 0.2) is 5.11 Å². The number of benzene rings is 2. The standard InChI is InChI=1S/C16H17N3OS/c1-12-7-9-14(10-8-12)15(20)18-19(16(17)21)11-13-5-3-2-4-6-13/h2-10H,11H2,1H3,(H2,17,21)(H,18,20). The van der Waals surface area contributed by atoms with Crippen LogP contribution >= 0.6 is 12.2 Å². The van der Waals surface area contributed by atoms with Crippen LogP contribution in [0.2, 0.25) is 0 Å². The van der Waals surface area contributed by atoms with Crippen LogP contribution < -0.4 is 11.2 Å². The maximum atomic E-state index is 12.2. The average molecular weight is 299 g/mol. The lowest BCUT2D eigenvalue weighted by Gasteiger charge is -2.23. The lowest BCUT2D eigenvalue weighted by Crippen LogP contribution is -2.48. The Kier molecular flexibility index (Phi) is 4.90. The molecule has 5 heteroatoms. The normalized spacial score (nSPS) is 9.95. The summed E-state index contributed by atoms with van der Waals surface area (Å²) in [5.74, 6) is -0.237. The van der Waals surface area contributed by atoms with Crippen LogP contribution in [-0.2, 0) is 6.54 Å². The first kappa shape index (κ1) is 15.0. The molecule has 2 aromatic carbocycles. The van der Waals surface area contributed by atoms with Crippen LogP contribution in [0.5, 0.6) is 0 Å². The molecule has 0 fully saturated rings. The van der Waals surface area contributed by atoms with Gasteiger partial charge in [0, 0.05) is 5.56 Å². The number of rotatable bonds is 3. The van der Waals surface area contributed by atoms with E-state index in [-0.39, 0.29) is 11.0 Å². The van der Waals surface area contributed by atoms with Crippen molar-refractivity contribution < 1.29 is 4.79 Å². The van der Waals surface area contributed by atoms with Crippen LogP contribution in [-0.4, -0.2) is 16.0 Å². The number of nitrogens with two attached hydrogens (primary N) is 1. The minimum absolute atomic E-state index is 0.124. The summed E-state index contributed by atoms with van der Waals surface area (Å²) in [6.45, 7) is 2.40. The zero-order valence-electron chi connectivity index (χ0n) is 11.7. The molecule has 0 aliphatic rings. The van der Waals surface area contributed by atoms with Crippen LogP contribution in [0.25, 0.3) is 0 Å². The number of nitrogens with zero attached hydrogens (tertiary/aromatic N) is 1. The molecule has 0 aliphatic heterocycles. The number of nitrogens with one attached hydrogen (secondary N) is 1. The molecule has 0 aliphatic carbocycles. The molecule has 0 aromatic heterocycles. The van der Waals surface area contributed by atoms with Gasteiger partial charge in [-0.25, -0.2) is 0 Å². The van der Waals surface area contributed by atoms with Crippen molar-refractivity contribution in [2.45, 2.75) is 13.5 Å². The van der Waals surface area contributed by atoms with Gasteiger partial charge in [0.05, 0.1) is 6.54 Å². The van der Waals surface area contributed by atoms with Crippen LogP contribution in [0.1, 0.15) is 21.5 Å². The monoisotopic (exact) mass is 299 g/mol. The highest BCUT2D eigenvalue weighted by atomic mass is 32.1. The number of hydrazine groups is 1. The van der Waals surface area contributed by atoms with Crippen LogP contribution in [0.4, 0.5) is 0 Å². The lowest BCUT2D eigenvalue weighted by molar-refractivity contribution is 0.0866. The van der Waals surface area contributed by atoms with Crippen molar-refractivity contribution in [3.05, 3.63) is 71.3 Å². The van der Waals surface area contributed by atoms with Gasteiger partial charge in [0.1, 0.15) is 0 Å². The highest BCUT2D eigenvalue weighted by molar-refractivity contribution is 7.80. The van der Waals surface area contributed by atoms with Crippen molar-refractivity contribution in [3.8, 4) is 0 Å². The Labute approximate surface area is 129 Å². The number of amides is 1. The quantitative estimate of drug-likeness (QED) is 0.675. The van der Waals surface area contributed by atoms with Gasteiger partial charge in [-0.2, -0.15) is 0 Å². The van der Waals surface area contributed by atoms with E-state index >= 15 is 0 Å². The molecule has 2 rings (SSSR count). The van der Waals surface area contributed by atoms with E-state index in [0.717, 1.165) is 11.1 Å². The molecular formula is C16H17N3OS. The Hall–Kier alpha value is -2.40. The highest BCUT2D eigenvalue weighted by Gasteiger charge is 2.12. The first-order valence-corrected chi connectivity index (χ1v) is 6.95. The van der Waals surface area contributed by atoms with Gasteiger partial charge >= 0.3 is 0 Å². The van der Waals surface area contributed by atoms with Crippen LogP contribution in [0.15, 0.2) is 54.6 Å². The average Bonchev–Trinajstić information content (AvgIpc) is 2.48. The zero-order valence-corrected chi connectivity index (χ0v) is 12.6. The summed E-state index contributed by atoms with van der Waals surface area (Å²) >= 11 is 4.99. The second kappa shape index (κ2) is 6.85. The van der Waals surface area contributed by atoms with E-state index < -0.39 is 0 Å². The molecule has 3 N–H and O–H groups in total. The molecule has 0 atom stereocenters. The molecular weight excluding hydrogens is 282 g/mol. The fourth-order valence-electron chi connectivity index (χ4n) is 1.83. The van der Waals surface area contributed by atoms with Gasteiger partial charge in [-0.3, -0.25) is 15.2 Å². The first-order valence-electron chi connectivity index (χ1n) is 6.55. The number of aryl methyl sites for hydroxylation is 1. The van der Waals surface area contributed by atoms with E-state index in [1.165, 1.54) is 5.01 Å². The molecule has 0 heterocycles. The van der Waals surface area contributed by atoms with Crippen molar-refractivity contribution >= 4 is 23.2 Å². The predicted octanol–water partition coefficient (Wildman–Crippen LogP) is 2.39. The summed E-state index contributed by atoms with van der Waals surface area (Å²) in [6, 6.07) is 17.0. The molecule has 0 saturated heterocycles. The van der Waals surface area contributed by atoms with Crippen molar-refractivity contribution in [1.29, 1.82) is 0 Å². The summed E-state index contributed by atoms with van der Waals surface area (Å²) in [5, 5.41) is 1.59. The number of hydrogen-bond donors (Lipinski definition) is 2. The third-order valence-electron chi connectivity index (χ3n) is 3.00. The zero-order chi connectivity index (χ0) is 15.2. The van der Waals surface area contributed by atoms with Gasteiger partial charge in [-0.1, -0.05) is 48.0 Å². The summed E-state index contributed by atoms with van der Waals surface area (Å²) in [6.07, 6.45) is 0. The highest BCUT2D eigenvalue weighted by Crippen LogP contribution is 2.06. The molecule has 0 saturated carbocycles. The third kappa shape index (κ3) is 4.29. The Morgan fingerprint density at radius 3 is 2.33 bits per heavy atom. The van der Waals surface area contributed by atoms with E-state index in [0.29, 0.717) is 12.1 Å². The van der Waals surface area contributed by atoms with Crippen molar-refractivity contribution in [2.75, 3.05) is 0 Å². The van der Waals surface area contributed by atoms with Gasteiger partial charge in [-0.15, -0.1) is 0 Å². The fourth-order valence-corrected chi connectivity index (χ4v) is 1.94. The summed E-state index contributed by atoms with van der Waals surface area (Å²) in [5.41, 5.74) is 11.1. The lowest BCUT2D eigenvalue weighted by atomic mass is 10.1. The molecule has 0 radical (unpaired) electrons. The molecule has 2 aromatic rings. The van der Waals surface area contributed by atoms with E-state index in [4.69, 9.17) is 18.0 Å². The molecule has 0 spiro atoms. The molecule has 108 valence electrons. The van der Waals surface area contributed by atoms with Crippen LogP contribution in [0.3, 0.4) is 0 Å². The molecule has 1 amide bonds. The summed E-state index contributed by atoms with van der Waals surface area (Å²) in [4.78, 5) is 12.2. The van der Waals surface area contributed by atoms with E-state index in [1.54, 1.807) is 12.1 Å². The molecule has 0 unspecified atom stereocenters. The smallest absolute Gasteiger partial charge is 0.269 e. The first-order chi connectivity index (χ1) is 10.1. The fraction of sp³-hybridized carbons (Fsp3) is 0.125. The Bertz CT molecular complexity index is 626. The molecule has 0 bridgehead atoms. The van der Waals surface area contributed by atoms with Gasteiger partial charge in [0.2, 0.25) is 0 Å². The maximum absolute atomic E-state index is 12.2. The van der Waals surface area contributed by atoms with Crippen molar-refractivity contribution in [1.82, 2.24) is 10.4 Å². The van der Waals surface area contributed by atoms with E-state index in [2.05, 4.69) is 5.43 Å². The molecule has 21 heavy (non-hydrogen) atoms. The summed E-state index contributed by atoms with van der Waals surface area (Å²) in [7, 11) is 0. The van der Waals surface area contributed by atoms with Crippen molar-refractivity contribution in [2.24, 2.45) is 5.73 Å². The maximum Gasteiger partial charge on any atom is 0.269 e. The third-order valence-corrected chi connectivity index (χ3v) is 3.22. The largest absolute Gasteiger partial charge is 0.375 e. The second-order valence-electron chi connectivity index (χ2n) is 4.72. The minimum atomic E-state index is -0.237. The number of thiocarbonyl (C=S) groups is 1. The number of carbonyl (C=O) groups is 1. The van der Waals surface area contributed by atoms with E-state index in [9.17, 15) is 4.79 Å². The number of carbonyl (C=O) groups excluding carboxylic acids is 1. The Morgan fingerprint density at radius 2 is 1.76 bits per heavy atom. The Balaban J connectivity index is 2.07. The number of hydrogen-bond acceptors (Lipinski definition) is 2. The summed E-state index contributed by atoms with van der Waals surface area (Å²) < 4.78 is 0. The van der Waals surface area contributed by atoms with Crippen LogP contribution in [0, 0.1) is 6.92 Å².